The molecule has 13 heteroatoms. The lowest BCUT2D eigenvalue weighted by Gasteiger charge is -2.21. The van der Waals surface area contributed by atoms with Gasteiger partial charge in [-0.05, 0) is 12.8 Å². The molecule has 0 aliphatic rings. The number of unbranched alkanes of at least 4 members (excludes halogenated alkanes) is 2. The summed E-state index contributed by atoms with van der Waals surface area (Å²) in [6, 6.07) is 0.669. The van der Waals surface area contributed by atoms with Gasteiger partial charge in [-0.3, -0.25) is 14.2 Å². The second kappa shape index (κ2) is 14.6. The van der Waals surface area contributed by atoms with Crippen molar-refractivity contribution in [2.45, 2.75) is 62.7 Å². The van der Waals surface area contributed by atoms with E-state index in [1.54, 1.807) is 0 Å². The van der Waals surface area contributed by atoms with Crippen LogP contribution in [0, 0.1) is 0 Å². The molecule has 6 N–H and O–H groups in total. The number of carboxylic acids is 2. The summed E-state index contributed by atoms with van der Waals surface area (Å²) in [4.78, 5) is 45.3. The van der Waals surface area contributed by atoms with Crippen molar-refractivity contribution in [1.29, 1.82) is 0 Å². The predicted molar refractivity (Wildman–Crippen MR) is 125 cm³/mol. The Morgan fingerprint density at radius 2 is 1.30 bits per heavy atom. The van der Waals surface area contributed by atoms with Crippen molar-refractivity contribution < 1.29 is 39.6 Å². The minimum Gasteiger partial charge on any atom is -0.494 e. The highest BCUT2D eigenvalue weighted by Gasteiger charge is 2.24. The molecule has 0 saturated heterocycles. The number of thioether (sulfide) groups is 2. The largest absolute Gasteiger partial charge is 0.494 e. The molecule has 0 aliphatic carbocycles. The molecule has 186 valence electrons. The van der Waals surface area contributed by atoms with Gasteiger partial charge in [-0.1, -0.05) is 12.8 Å². The number of carbonyl (C=O) groups is 4. The molecule has 33 heavy (non-hydrogen) atoms. The van der Waals surface area contributed by atoms with Gasteiger partial charge in [0.05, 0.1) is 4.58 Å². The van der Waals surface area contributed by atoms with Gasteiger partial charge in [0.1, 0.15) is 12.1 Å². The standard InChI is InChI=1S/C20H31N3O8S2/c1-12(24)21-14(19(28)29)10-32-18(33-11-15(20(30)31)22-13(2)25)6-4-3-5-9-23-16(26)7-8-17(23)27/h7-8,14-15,18,26-27H,3-6,9-11H2,1-2H3,(H,21,24)(H,22,25)(H,28,29)(H,30,31). The van der Waals surface area contributed by atoms with Crippen LogP contribution in [0.15, 0.2) is 12.1 Å². The fraction of sp³-hybridized carbons (Fsp3) is 0.600. The first-order chi connectivity index (χ1) is 15.5. The zero-order valence-electron chi connectivity index (χ0n) is 18.5. The number of carbonyl (C=O) groups excluding carboxylic acids is 2. The monoisotopic (exact) mass is 505 g/mol. The number of aromatic nitrogens is 1. The first kappa shape index (κ1) is 28.5. The van der Waals surface area contributed by atoms with E-state index in [1.165, 1.54) is 54.1 Å². The molecule has 0 radical (unpaired) electrons. The van der Waals surface area contributed by atoms with Gasteiger partial charge in [0.25, 0.3) is 0 Å². The van der Waals surface area contributed by atoms with Crippen molar-refractivity contribution in [1.82, 2.24) is 15.2 Å². The van der Waals surface area contributed by atoms with Crippen molar-refractivity contribution in [2.75, 3.05) is 11.5 Å². The van der Waals surface area contributed by atoms with Gasteiger partial charge in [0, 0.05) is 44.0 Å². The second-order valence-electron chi connectivity index (χ2n) is 7.33. The van der Waals surface area contributed by atoms with Crippen LogP contribution in [0.3, 0.4) is 0 Å². The van der Waals surface area contributed by atoms with E-state index in [9.17, 15) is 39.6 Å². The number of amides is 2. The number of nitrogens with one attached hydrogen (secondary N) is 2. The van der Waals surface area contributed by atoms with E-state index >= 15 is 0 Å². The van der Waals surface area contributed by atoms with Crippen LogP contribution in [0.5, 0.6) is 11.8 Å². The van der Waals surface area contributed by atoms with Gasteiger partial charge in [-0.2, -0.15) is 0 Å². The van der Waals surface area contributed by atoms with E-state index in [1.807, 2.05) is 0 Å². The lowest BCUT2D eigenvalue weighted by Crippen LogP contribution is -2.42. The van der Waals surface area contributed by atoms with Crippen molar-refractivity contribution >= 4 is 47.3 Å². The smallest absolute Gasteiger partial charge is 0.327 e. The number of aromatic hydroxyl groups is 2. The third kappa shape index (κ3) is 11.2. The summed E-state index contributed by atoms with van der Waals surface area (Å²) in [5.74, 6) is -3.06. The fourth-order valence-electron chi connectivity index (χ4n) is 2.90. The summed E-state index contributed by atoms with van der Waals surface area (Å²) >= 11 is 2.62. The van der Waals surface area contributed by atoms with Crippen LogP contribution < -0.4 is 10.6 Å². The first-order valence-corrected chi connectivity index (χ1v) is 12.4. The van der Waals surface area contributed by atoms with E-state index in [-0.39, 0.29) is 27.8 Å². The number of carboxylic acid groups (broad SMARTS) is 2. The highest BCUT2D eigenvalue weighted by molar-refractivity contribution is 8.17. The highest BCUT2D eigenvalue weighted by atomic mass is 32.2. The van der Waals surface area contributed by atoms with Crippen LogP contribution in [0.4, 0.5) is 0 Å². The molecule has 0 fully saturated rings. The third-order valence-electron chi connectivity index (χ3n) is 4.50. The molecule has 1 aromatic heterocycles. The normalized spacial score (nSPS) is 13.6. The topological polar surface area (TPSA) is 178 Å². The molecule has 11 nitrogen and oxygen atoms in total. The molecule has 1 aromatic rings. The highest BCUT2D eigenvalue weighted by Crippen LogP contribution is 2.30. The molecule has 0 aromatic carbocycles. The van der Waals surface area contributed by atoms with Gasteiger partial charge in [0.2, 0.25) is 11.8 Å². The maximum absolute atomic E-state index is 11.4. The number of hydrogen-bond donors (Lipinski definition) is 6. The summed E-state index contributed by atoms with van der Waals surface area (Å²) in [7, 11) is 0. The lowest BCUT2D eigenvalue weighted by molar-refractivity contribution is -0.141. The number of aliphatic carboxylic acids is 2. The molecule has 0 aliphatic heterocycles. The summed E-state index contributed by atoms with van der Waals surface area (Å²) in [5, 5.41) is 42.7. The quantitative estimate of drug-likeness (QED) is 0.142. The molecule has 1 heterocycles. The number of hydrogen-bond acceptors (Lipinski definition) is 8. The molecule has 2 unspecified atom stereocenters. The van der Waals surface area contributed by atoms with E-state index in [4.69, 9.17) is 0 Å². The van der Waals surface area contributed by atoms with Crippen molar-refractivity contribution in [3.05, 3.63) is 12.1 Å². The molecule has 0 spiro atoms. The van der Waals surface area contributed by atoms with E-state index in [0.717, 1.165) is 12.8 Å². The minimum atomic E-state index is -1.16. The summed E-state index contributed by atoms with van der Waals surface area (Å²) in [6.07, 6.45) is 2.82. The van der Waals surface area contributed by atoms with Gasteiger partial charge in [-0.15, -0.1) is 23.5 Å². The van der Waals surface area contributed by atoms with Crippen LogP contribution >= 0.6 is 23.5 Å². The Balaban J connectivity index is 2.64. The third-order valence-corrected chi connectivity index (χ3v) is 7.59. The Hall–Kier alpha value is -2.54. The maximum atomic E-state index is 11.4. The van der Waals surface area contributed by atoms with Crippen LogP contribution in [0.1, 0.15) is 39.5 Å². The van der Waals surface area contributed by atoms with Crippen LogP contribution in [-0.2, 0) is 25.7 Å². The summed E-state index contributed by atoms with van der Waals surface area (Å²) in [5.41, 5.74) is 0. The van der Waals surface area contributed by atoms with Crippen LogP contribution in [-0.4, -0.2) is 76.9 Å². The van der Waals surface area contributed by atoms with Gasteiger partial charge < -0.3 is 31.1 Å². The SMILES string of the molecule is CC(=O)NC(CSC(CCCCCn1c(O)ccc1O)SCC(NC(C)=O)C(=O)O)C(=O)O. The van der Waals surface area contributed by atoms with Crippen molar-refractivity contribution in [2.24, 2.45) is 0 Å². The van der Waals surface area contributed by atoms with Crippen molar-refractivity contribution in [3.8, 4) is 11.8 Å². The first-order valence-electron chi connectivity index (χ1n) is 10.3. The summed E-state index contributed by atoms with van der Waals surface area (Å²) in [6.45, 7) is 2.90. The Morgan fingerprint density at radius 1 is 0.848 bits per heavy atom. The zero-order valence-corrected chi connectivity index (χ0v) is 20.2. The predicted octanol–water partition coefficient (Wildman–Crippen LogP) is 1.43. The summed E-state index contributed by atoms with van der Waals surface area (Å²) < 4.78 is 1.22. The Bertz CT molecular complexity index is 760. The lowest BCUT2D eigenvalue weighted by atomic mass is 10.2. The van der Waals surface area contributed by atoms with Crippen molar-refractivity contribution in [3.63, 3.8) is 0 Å². The van der Waals surface area contributed by atoms with Gasteiger partial charge >= 0.3 is 11.9 Å². The van der Waals surface area contributed by atoms with Gasteiger partial charge in [0.15, 0.2) is 11.8 Å². The van der Waals surface area contributed by atoms with Crippen LogP contribution in [0.25, 0.3) is 0 Å². The van der Waals surface area contributed by atoms with Gasteiger partial charge in [-0.25, -0.2) is 9.59 Å². The number of rotatable bonds is 16. The Kier molecular flexibility index (Phi) is 12.6. The molecule has 0 bridgehead atoms. The fourth-order valence-corrected chi connectivity index (χ4v) is 5.68. The van der Waals surface area contributed by atoms with E-state index < -0.39 is 35.8 Å². The Morgan fingerprint density at radius 3 is 1.70 bits per heavy atom. The molecule has 2 amide bonds. The average molecular weight is 506 g/mol. The zero-order chi connectivity index (χ0) is 25.0. The maximum Gasteiger partial charge on any atom is 0.327 e. The second-order valence-corrected chi connectivity index (χ2v) is 10.1. The Labute approximate surface area is 200 Å². The van der Waals surface area contributed by atoms with E-state index in [0.29, 0.717) is 19.4 Å². The van der Waals surface area contributed by atoms with E-state index in [2.05, 4.69) is 10.6 Å². The molecular weight excluding hydrogens is 474 g/mol. The molecule has 0 saturated carbocycles. The molecule has 2 atom stereocenters. The number of nitrogens with zero attached hydrogens (tertiary/aromatic N) is 1. The minimum absolute atomic E-state index is 0.0214. The van der Waals surface area contributed by atoms with Crippen LogP contribution in [0.2, 0.25) is 0 Å². The molecule has 1 rings (SSSR count). The molecular formula is C20H31N3O8S2. The average Bonchev–Trinajstić information content (AvgIpc) is 3.03.